The molecule has 1 aromatic carbocycles. The Kier molecular flexibility index (Phi) is 5.23. The summed E-state index contributed by atoms with van der Waals surface area (Å²) < 4.78 is 0. The quantitative estimate of drug-likeness (QED) is 0.699. The molecule has 0 spiro atoms. The molecule has 1 heteroatoms. The first kappa shape index (κ1) is 12.1. The monoisotopic (exact) mass is 205 g/mol. The SMILES string of the molecule is CCCCc1ccc(N)c(CCCC)c1. The van der Waals surface area contributed by atoms with Crippen LogP contribution in [0.3, 0.4) is 0 Å². The Labute approximate surface area is 93.7 Å². The molecule has 0 atom stereocenters. The van der Waals surface area contributed by atoms with Crippen molar-refractivity contribution in [3.63, 3.8) is 0 Å². The molecular formula is C14H23N. The summed E-state index contributed by atoms with van der Waals surface area (Å²) in [7, 11) is 0. The van der Waals surface area contributed by atoms with E-state index in [4.69, 9.17) is 5.73 Å². The molecule has 2 N–H and O–H groups in total. The second-order valence-corrected chi connectivity index (χ2v) is 4.24. The zero-order chi connectivity index (χ0) is 11.1. The zero-order valence-electron chi connectivity index (χ0n) is 10.1. The van der Waals surface area contributed by atoms with Gasteiger partial charge in [0.05, 0.1) is 0 Å². The molecule has 0 aliphatic rings. The Morgan fingerprint density at radius 1 is 1.00 bits per heavy atom. The van der Waals surface area contributed by atoms with Crippen molar-refractivity contribution >= 4 is 5.69 Å². The molecule has 0 aliphatic carbocycles. The number of unbranched alkanes of at least 4 members (excludes halogenated alkanes) is 2. The summed E-state index contributed by atoms with van der Waals surface area (Å²) in [6.45, 7) is 4.45. The Bertz CT molecular complexity index is 291. The third-order valence-corrected chi connectivity index (χ3v) is 2.83. The van der Waals surface area contributed by atoms with Gasteiger partial charge in [-0.3, -0.25) is 0 Å². The van der Waals surface area contributed by atoms with E-state index in [0.717, 1.165) is 12.1 Å². The molecule has 0 heterocycles. The molecule has 0 saturated heterocycles. The molecule has 0 radical (unpaired) electrons. The average molecular weight is 205 g/mol. The van der Waals surface area contributed by atoms with Gasteiger partial charge in [-0.05, 0) is 42.9 Å². The molecule has 0 saturated carbocycles. The van der Waals surface area contributed by atoms with Gasteiger partial charge in [0.25, 0.3) is 0 Å². The number of aryl methyl sites for hydroxylation is 2. The van der Waals surface area contributed by atoms with Crippen LogP contribution in [0, 0.1) is 0 Å². The Morgan fingerprint density at radius 3 is 2.33 bits per heavy atom. The molecule has 0 fully saturated rings. The number of hydrogen-bond donors (Lipinski definition) is 1. The molecule has 1 aromatic rings. The highest BCUT2D eigenvalue weighted by atomic mass is 14.6. The Balaban J connectivity index is 2.66. The van der Waals surface area contributed by atoms with Gasteiger partial charge in [0.15, 0.2) is 0 Å². The van der Waals surface area contributed by atoms with Gasteiger partial charge in [-0.1, -0.05) is 38.8 Å². The van der Waals surface area contributed by atoms with Crippen molar-refractivity contribution in [2.24, 2.45) is 0 Å². The van der Waals surface area contributed by atoms with E-state index in [9.17, 15) is 0 Å². The maximum Gasteiger partial charge on any atom is 0.0346 e. The maximum atomic E-state index is 5.96. The lowest BCUT2D eigenvalue weighted by Crippen LogP contribution is -1.96. The predicted molar refractivity (Wildman–Crippen MR) is 68.1 cm³/mol. The lowest BCUT2D eigenvalue weighted by atomic mass is 10.0. The highest BCUT2D eigenvalue weighted by Gasteiger charge is 2.00. The summed E-state index contributed by atoms with van der Waals surface area (Å²) in [5.41, 5.74) is 9.70. The summed E-state index contributed by atoms with van der Waals surface area (Å²) in [6.07, 6.45) is 7.32. The van der Waals surface area contributed by atoms with Crippen LogP contribution in [-0.2, 0) is 12.8 Å². The lowest BCUT2D eigenvalue weighted by Gasteiger charge is -2.08. The van der Waals surface area contributed by atoms with Gasteiger partial charge in [-0.15, -0.1) is 0 Å². The smallest absolute Gasteiger partial charge is 0.0346 e. The van der Waals surface area contributed by atoms with Gasteiger partial charge in [0, 0.05) is 5.69 Å². The third kappa shape index (κ3) is 3.94. The maximum absolute atomic E-state index is 5.96. The van der Waals surface area contributed by atoms with Gasteiger partial charge in [0.1, 0.15) is 0 Å². The van der Waals surface area contributed by atoms with Crippen molar-refractivity contribution in [3.8, 4) is 0 Å². The fourth-order valence-electron chi connectivity index (χ4n) is 1.78. The molecule has 0 aromatic heterocycles. The Hall–Kier alpha value is -0.980. The van der Waals surface area contributed by atoms with Gasteiger partial charge in [0.2, 0.25) is 0 Å². The minimum Gasteiger partial charge on any atom is -0.399 e. The lowest BCUT2D eigenvalue weighted by molar-refractivity contribution is 0.781. The highest BCUT2D eigenvalue weighted by molar-refractivity contribution is 5.48. The molecule has 1 rings (SSSR count). The van der Waals surface area contributed by atoms with Gasteiger partial charge in [-0.25, -0.2) is 0 Å². The molecule has 84 valence electrons. The van der Waals surface area contributed by atoms with Crippen LogP contribution in [0.5, 0.6) is 0 Å². The molecule has 0 unspecified atom stereocenters. The fourth-order valence-corrected chi connectivity index (χ4v) is 1.78. The molecule has 0 amide bonds. The molecule has 15 heavy (non-hydrogen) atoms. The first-order chi connectivity index (χ1) is 7.27. The largest absolute Gasteiger partial charge is 0.399 e. The van der Waals surface area contributed by atoms with Crippen LogP contribution in [0.2, 0.25) is 0 Å². The highest BCUT2D eigenvalue weighted by Crippen LogP contribution is 2.18. The summed E-state index contributed by atoms with van der Waals surface area (Å²) in [4.78, 5) is 0. The zero-order valence-corrected chi connectivity index (χ0v) is 10.1. The van der Waals surface area contributed by atoms with Crippen molar-refractivity contribution in [1.82, 2.24) is 0 Å². The number of rotatable bonds is 6. The van der Waals surface area contributed by atoms with E-state index in [2.05, 4.69) is 32.0 Å². The van der Waals surface area contributed by atoms with E-state index in [1.807, 2.05) is 0 Å². The van der Waals surface area contributed by atoms with Crippen LogP contribution >= 0.6 is 0 Å². The number of nitrogen functional groups attached to an aromatic ring is 1. The van der Waals surface area contributed by atoms with E-state index < -0.39 is 0 Å². The van der Waals surface area contributed by atoms with Crippen LogP contribution in [-0.4, -0.2) is 0 Å². The molecule has 1 nitrogen and oxygen atoms in total. The number of hydrogen-bond acceptors (Lipinski definition) is 1. The van der Waals surface area contributed by atoms with Gasteiger partial charge in [-0.2, -0.15) is 0 Å². The normalized spacial score (nSPS) is 10.5. The van der Waals surface area contributed by atoms with Crippen LogP contribution in [0.15, 0.2) is 18.2 Å². The van der Waals surface area contributed by atoms with Crippen LogP contribution in [0.4, 0.5) is 5.69 Å². The predicted octanol–water partition coefficient (Wildman–Crippen LogP) is 3.95. The summed E-state index contributed by atoms with van der Waals surface area (Å²) in [5.74, 6) is 0. The second-order valence-electron chi connectivity index (χ2n) is 4.24. The molecule has 0 bridgehead atoms. The van der Waals surface area contributed by atoms with Crippen LogP contribution < -0.4 is 5.73 Å². The van der Waals surface area contributed by atoms with Gasteiger partial charge < -0.3 is 5.73 Å². The van der Waals surface area contributed by atoms with Crippen LogP contribution in [0.1, 0.15) is 50.7 Å². The van der Waals surface area contributed by atoms with E-state index in [0.29, 0.717) is 0 Å². The van der Waals surface area contributed by atoms with Gasteiger partial charge >= 0.3 is 0 Å². The Morgan fingerprint density at radius 2 is 1.67 bits per heavy atom. The third-order valence-electron chi connectivity index (χ3n) is 2.83. The minimum absolute atomic E-state index is 0.962. The van der Waals surface area contributed by atoms with E-state index >= 15 is 0 Å². The number of anilines is 1. The van der Waals surface area contributed by atoms with E-state index in [-0.39, 0.29) is 0 Å². The summed E-state index contributed by atoms with van der Waals surface area (Å²) in [5, 5.41) is 0. The number of benzene rings is 1. The van der Waals surface area contributed by atoms with Crippen molar-refractivity contribution in [3.05, 3.63) is 29.3 Å². The summed E-state index contributed by atoms with van der Waals surface area (Å²) >= 11 is 0. The first-order valence-electron chi connectivity index (χ1n) is 6.15. The average Bonchev–Trinajstić information content (AvgIpc) is 2.26. The van der Waals surface area contributed by atoms with Crippen molar-refractivity contribution < 1.29 is 0 Å². The standard InChI is InChI=1S/C14H23N/c1-3-5-7-12-9-10-14(15)13(11-12)8-6-4-2/h9-11H,3-8,15H2,1-2H3. The fraction of sp³-hybridized carbons (Fsp3) is 0.571. The van der Waals surface area contributed by atoms with Crippen molar-refractivity contribution in [2.45, 2.75) is 52.4 Å². The molecular weight excluding hydrogens is 182 g/mol. The minimum atomic E-state index is 0.962. The second kappa shape index (κ2) is 6.49. The van der Waals surface area contributed by atoms with Crippen LogP contribution in [0.25, 0.3) is 0 Å². The molecule has 0 aliphatic heterocycles. The first-order valence-corrected chi connectivity index (χ1v) is 6.15. The number of nitrogens with two attached hydrogens (primary N) is 1. The topological polar surface area (TPSA) is 26.0 Å². The van der Waals surface area contributed by atoms with E-state index in [1.54, 1.807) is 0 Å². The van der Waals surface area contributed by atoms with Crippen molar-refractivity contribution in [1.29, 1.82) is 0 Å². The van der Waals surface area contributed by atoms with Crippen molar-refractivity contribution in [2.75, 3.05) is 5.73 Å². The summed E-state index contributed by atoms with van der Waals surface area (Å²) in [6, 6.07) is 6.52. The van der Waals surface area contributed by atoms with E-state index in [1.165, 1.54) is 43.2 Å².